The Kier molecular flexibility index (Phi) is 4.03. The molecule has 0 bridgehead atoms. The fourth-order valence-corrected chi connectivity index (χ4v) is 2.27. The number of benzene rings is 1. The molecule has 2 rings (SSSR count). The first-order valence-corrected chi connectivity index (χ1v) is 6.50. The molecule has 5 nitrogen and oxygen atoms in total. The van der Waals surface area contributed by atoms with Gasteiger partial charge in [0, 0.05) is 5.56 Å². The van der Waals surface area contributed by atoms with Gasteiger partial charge in [-0.3, -0.25) is 4.79 Å². The van der Waals surface area contributed by atoms with Crippen LogP contribution in [0.4, 0.5) is 5.69 Å². The molecule has 1 heterocycles. The predicted molar refractivity (Wildman–Crippen MR) is 76.2 cm³/mol. The number of nitrogens with two attached hydrogens (primary N) is 1. The van der Waals surface area contributed by atoms with Crippen molar-refractivity contribution in [2.45, 2.75) is 0 Å². The van der Waals surface area contributed by atoms with E-state index >= 15 is 0 Å². The van der Waals surface area contributed by atoms with E-state index in [0.29, 0.717) is 21.2 Å². The highest BCUT2D eigenvalue weighted by atomic mass is 35.5. The van der Waals surface area contributed by atoms with Crippen LogP contribution < -0.4 is 11.1 Å². The summed E-state index contributed by atoms with van der Waals surface area (Å²) in [5, 5.41) is 16.3. The number of anilines is 1. The summed E-state index contributed by atoms with van der Waals surface area (Å²) < 4.78 is 0. The smallest absolute Gasteiger partial charge is 0.265 e. The molecule has 0 radical (unpaired) electrons. The van der Waals surface area contributed by atoms with Crippen LogP contribution in [-0.2, 0) is 0 Å². The highest BCUT2D eigenvalue weighted by Gasteiger charge is 2.10. The van der Waals surface area contributed by atoms with Crippen molar-refractivity contribution in [2.24, 2.45) is 10.9 Å². The van der Waals surface area contributed by atoms with Crippen LogP contribution in [-0.4, -0.2) is 17.0 Å². The molecule has 0 atom stereocenters. The Morgan fingerprint density at radius 2 is 2.21 bits per heavy atom. The molecule has 0 aliphatic rings. The average molecular weight is 296 g/mol. The zero-order valence-corrected chi connectivity index (χ0v) is 11.2. The molecule has 0 unspecified atom stereocenters. The number of carbonyl (C=O) groups excluding carboxylic acids is 1. The van der Waals surface area contributed by atoms with E-state index in [1.165, 1.54) is 17.4 Å². The van der Waals surface area contributed by atoms with Crippen LogP contribution in [0.1, 0.15) is 15.2 Å². The van der Waals surface area contributed by atoms with Crippen molar-refractivity contribution in [3.05, 3.63) is 51.2 Å². The highest BCUT2D eigenvalue weighted by Crippen LogP contribution is 2.24. The number of amidine groups is 1. The zero-order valence-electron chi connectivity index (χ0n) is 9.63. The van der Waals surface area contributed by atoms with Gasteiger partial charge >= 0.3 is 0 Å². The second-order valence-electron chi connectivity index (χ2n) is 3.61. The molecule has 0 fully saturated rings. The van der Waals surface area contributed by atoms with Gasteiger partial charge < -0.3 is 16.3 Å². The number of oxime groups is 1. The van der Waals surface area contributed by atoms with E-state index in [9.17, 15) is 4.79 Å². The van der Waals surface area contributed by atoms with Crippen LogP contribution in [0.5, 0.6) is 0 Å². The summed E-state index contributed by atoms with van der Waals surface area (Å²) in [7, 11) is 0. The summed E-state index contributed by atoms with van der Waals surface area (Å²) in [6.07, 6.45) is 0. The number of halogens is 1. The van der Waals surface area contributed by atoms with Crippen LogP contribution in [0.25, 0.3) is 0 Å². The van der Waals surface area contributed by atoms with Gasteiger partial charge in [0.2, 0.25) is 0 Å². The van der Waals surface area contributed by atoms with Gasteiger partial charge in [0.15, 0.2) is 5.84 Å². The molecule has 19 heavy (non-hydrogen) atoms. The normalized spacial score (nSPS) is 11.3. The molecule has 1 amide bonds. The summed E-state index contributed by atoms with van der Waals surface area (Å²) in [6.45, 7) is 0. The van der Waals surface area contributed by atoms with Crippen molar-refractivity contribution in [3.8, 4) is 0 Å². The van der Waals surface area contributed by atoms with Crippen LogP contribution in [0.3, 0.4) is 0 Å². The van der Waals surface area contributed by atoms with E-state index in [1.807, 2.05) is 5.38 Å². The van der Waals surface area contributed by atoms with Crippen molar-refractivity contribution in [1.29, 1.82) is 0 Å². The zero-order chi connectivity index (χ0) is 13.8. The monoisotopic (exact) mass is 295 g/mol. The molecule has 98 valence electrons. The lowest BCUT2D eigenvalue weighted by molar-refractivity contribution is 0.103. The minimum Gasteiger partial charge on any atom is -0.409 e. The third kappa shape index (κ3) is 3.04. The SMILES string of the molecule is N/C(=N/O)c1ccc(NC(=O)c2cccs2)c(Cl)c1. The standard InChI is InChI=1S/C12H10ClN3O2S/c13-8-6-7(11(14)16-18)3-4-9(8)15-12(17)10-2-1-5-19-10/h1-6,18H,(H2,14,16)(H,15,17). The lowest BCUT2D eigenvalue weighted by Crippen LogP contribution is -2.14. The topological polar surface area (TPSA) is 87.7 Å². The van der Waals surface area contributed by atoms with Crippen LogP contribution in [0.15, 0.2) is 40.9 Å². The van der Waals surface area contributed by atoms with Gasteiger partial charge in [0.25, 0.3) is 5.91 Å². The Morgan fingerprint density at radius 1 is 1.42 bits per heavy atom. The van der Waals surface area contributed by atoms with Gasteiger partial charge in [-0.05, 0) is 29.6 Å². The molecule has 2 aromatic rings. The molecular formula is C12H10ClN3O2S. The summed E-state index contributed by atoms with van der Waals surface area (Å²) >= 11 is 7.37. The maximum absolute atomic E-state index is 11.9. The fourth-order valence-electron chi connectivity index (χ4n) is 1.43. The van der Waals surface area contributed by atoms with Crippen molar-refractivity contribution >= 4 is 40.4 Å². The fraction of sp³-hybridized carbons (Fsp3) is 0. The number of thiophene rings is 1. The lowest BCUT2D eigenvalue weighted by atomic mass is 10.2. The molecular weight excluding hydrogens is 286 g/mol. The van der Waals surface area contributed by atoms with Gasteiger partial charge in [-0.15, -0.1) is 11.3 Å². The molecule has 4 N–H and O–H groups in total. The maximum Gasteiger partial charge on any atom is 0.265 e. The molecule has 0 aliphatic carbocycles. The summed E-state index contributed by atoms with van der Waals surface area (Å²) in [4.78, 5) is 12.4. The van der Waals surface area contributed by atoms with Crippen LogP contribution in [0, 0.1) is 0 Å². The van der Waals surface area contributed by atoms with Crippen molar-refractivity contribution in [3.63, 3.8) is 0 Å². The Balaban J connectivity index is 2.20. The van der Waals surface area contributed by atoms with Gasteiger partial charge in [-0.2, -0.15) is 0 Å². The Hall–Kier alpha value is -2.05. The van der Waals surface area contributed by atoms with E-state index < -0.39 is 0 Å². The second kappa shape index (κ2) is 5.73. The van der Waals surface area contributed by atoms with E-state index in [2.05, 4.69) is 10.5 Å². The van der Waals surface area contributed by atoms with Crippen LogP contribution >= 0.6 is 22.9 Å². The van der Waals surface area contributed by atoms with Gasteiger partial charge in [-0.1, -0.05) is 22.8 Å². The summed E-state index contributed by atoms with van der Waals surface area (Å²) in [6, 6.07) is 8.23. The molecule has 0 aliphatic heterocycles. The summed E-state index contributed by atoms with van der Waals surface area (Å²) in [5.41, 5.74) is 6.39. The number of hydrogen-bond donors (Lipinski definition) is 3. The highest BCUT2D eigenvalue weighted by molar-refractivity contribution is 7.12. The van der Waals surface area contributed by atoms with Gasteiger partial charge in [0.1, 0.15) is 0 Å². The minimum atomic E-state index is -0.228. The molecule has 7 heteroatoms. The predicted octanol–water partition coefficient (Wildman–Crippen LogP) is 2.75. The van der Waals surface area contributed by atoms with Crippen LogP contribution in [0.2, 0.25) is 5.02 Å². The number of hydrogen-bond acceptors (Lipinski definition) is 4. The first-order chi connectivity index (χ1) is 9.11. The molecule has 0 spiro atoms. The molecule has 1 aromatic heterocycles. The van der Waals surface area contributed by atoms with E-state index in [1.54, 1.807) is 24.3 Å². The summed E-state index contributed by atoms with van der Waals surface area (Å²) in [5.74, 6) is -0.272. The Bertz CT molecular complexity index is 626. The first kappa shape index (κ1) is 13.4. The molecule has 1 aromatic carbocycles. The quantitative estimate of drug-likeness (QED) is 0.352. The maximum atomic E-state index is 11.9. The van der Waals surface area contributed by atoms with Crippen molar-refractivity contribution < 1.29 is 10.0 Å². The van der Waals surface area contributed by atoms with Gasteiger partial charge in [0.05, 0.1) is 15.6 Å². The third-order valence-corrected chi connectivity index (χ3v) is 3.55. The van der Waals surface area contributed by atoms with Crippen molar-refractivity contribution in [1.82, 2.24) is 0 Å². The van der Waals surface area contributed by atoms with Gasteiger partial charge in [-0.25, -0.2) is 0 Å². The average Bonchev–Trinajstić information content (AvgIpc) is 2.94. The number of nitrogens with zero attached hydrogens (tertiary/aromatic N) is 1. The number of nitrogens with one attached hydrogen (secondary N) is 1. The van der Waals surface area contributed by atoms with Crippen molar-refractivity contribution in [2.75, 3.05) is 5.32 Å². The molecule has 0 saturated carbocycles. The largest absolute Gasteiger partial charge is 0.409 e. The third-order valence-electron chi connectivity index (χ3n) is 2.37. The van der Waals surface area contributed by atoms with E-state index in [0.717, 1.165) is 0 Å². The number of carbonyl (C=O) groups is 1. The Morgan fingerprint density at radius 3 is 2.79 bits per heavy atom. The Labute approximate surface area is 118 Å². The number of amides is 1. The first-order valence-electron chi connectivity index (χ1n) is 5.24. The minimum absolute atomic E-state index is 0.0435. The second-order valence-corrected chi connectivity index (χ2v) is 4.97. The number of rotatable bonds is 3. The lowest BCUT2D eigenvalue weighted by Gasteiger charge is -2.07. The molecule has 0 saturated heterocycles. The van der Waals surface area contributed by atoms with E-state index in [4.69, 9.17) is 22.5 Å². The van der Waals surface area contributed by atoms with E-state index in [-0.39, 0.29) is 11.7 Å².